The number of carbonyl (C=O) groups is 1. The number of amides is 1. The first-order chi connectivity index (χ1) is 11.1. The number of rotatable bonds is 2. The summed E-state index contributed by atoms with van der Waals surface area (Å²) < 4.78 is 0. The highest BCUT2D eigenvalue weighted by atomic mass is 32.1. The second kappa shape index (κ2) is 5.10. The molecule has 0 saturated heterocycles. The summed E-state index contributed by atoms with van der Waals surface area (Å²) in [6, 6.07) is 10.4. The average Bonchev–Trinajstić information content (AvgIpc) is 3.14. The predicted molar refractivity (Wildman–Crippen MR) is 88.6 cm³/mol. The van der Waals surface area contributed by atoms with Gasteiger partial charge in [-0.2, -0.15) is 0 Å². The molecule has 4 rings (SSSR count). The largest absolute Gasteiger partial charge is 0.504 e. The van der Waals surface area contributed by atoms with Crippen LogP contribution in [0.3, 0.4) is 0 Å². The molecule has 0 aliphatic carbocycles. The Morgan fingerprint density at radius 1 is 1.04 bits per heavy atom. The number of aromatic nitrogens is 1. The van der Waals surface area contributed by atoms with E-state index in [2.05, 4.69) is 10.3 Å². The fraction of sp³-hybridized carbons (Fsp3) is 0.0588. The monoisotopic (exact) mass is 324 g/mol. The normalized spacial score (nSPS) is 13.0. The van der Waals surface area contributed by atoms with E-state index in [1.165, 1.54) is 23.5 Å². The van der Waals surface area contributed by atoms with E-state index in [0.29, 0.717) is 6.42 Å². The van der Waals surface area contributed by atoms with E-state index >= 15 is 0 Å². The summed E-state index contributed by atoms with van der Waals surface area (Å²) in [6.07, 6.45) is 0.395. The number of thiazole rings is 1. The lowest BCUT2D eigenvalue weighted by atomic mass is 10.1. The summed E-state index contributed by atoms with van der Waals surface area (Å²) in [5, 5.41) is 24.5. The van der Waals surface area contributed by atoms with Crippen LogP contribution < -0.4 is 5.32 Å². The number of carbonyl (C=O) groups excluding carboxylic acids is 1. The minimum absolute atomic E-state index is 0.00989. The van der Waals surface area contributed by atoms with Gasteiger partial charge >= 0.3 is 0 Å². The van der Waals surface area contributed by atoms with Crippen LogP contribution in [0.1, 0.15) is 5.56 Å². The van der Waals surface area contributed by atoms with Crippen LogP contribution in [0.25, 0.3) is 21.8 Å². The number of fused-ring (bicyclic) bond motifs is 1. The molecule has 0 saturated carbocycles. The summed E-state index contributed by atoms with van der Waals surface area (Å²) in [7, 11) is 0. The van der Waals surface area contributed by atoms with Gasteiger partial charge in [0.25, 0.3) is 0 Å². The van der Waals surface area contributed by atoms with Crippen LogP contribution in [0.15, 0.2) is 41.8 Å². The van der Waals surface area contributed by atoms with E-state index in [9.17, 15) is 15.0 Å². The quantitative estimate of drug-likeness (QED) is 0.631. The summed E-state index contributed by atoms with van der Waals surface area (Å²) in [5.41, 5.74) is 4.35. The van der Waals surface area contributed by atoms with Gasteiger partial charge in [0.05, 0.1) is 12.1 Å². The molecule has 0 bridgehead atoms. The zero-order valence-corrected chi connectivity index (χ0v) is 12.7. The lowest BCUT2D eigenvalue weighted by molar-refractivity contribution is -0.115. The van der Waals surface area contributed by atoms with Gasteiger partial charge in [-0.15, -0.1) is 11.3 Å². The minimum atomic E-state index is -0.165. The summed E-state index contributed by atoms with van der Waals surface area (Å²) in [6.45, 7) is 0. The predicted octanol–water partition coefficient (Wildman–Crippen LogP) is 3.38. The van der Waals surface area contributed by atoms with E-state index in [-0.39, 0.29) is 17.4 Å². The van der Waals surface area contributed by atoms with Crippen LogP contribution in [-0.4, -0.2) is 21.1 Å². The van der Waals surface area contributed by atoms with Crippen molar-refractivity contribution in [1.29, 1.82) is 0 Å². The molecule has 1 aliphatic rings. The zero-order chi connectivity index (χ0) is 16.0. The topological polar surface area (TPSA) is 82.5 Å². The standard InChI is InChI=1S/C17H12N2O3S/c20-14-4-2-10(6-15(14)21)17-19-13(8-23-17)9-1-3-12-11(5-9)7-16(22)18-12/h1-6,8,20-21H,7H2,(H,18,22). The van der Waals surface area contributed by atoms with Crippen molar-refractivity contribution in [2.75, 3.05) is 5.32 Å². The lowest BCUT2D eigenvalue weighted by Crippen LogP contribution is -2.03. The lowest BCUT2D eigenvalue weighted by Gasteiger charge is -2.02. The van der Waals surface area contributed by atoms with Gasteiger partial charge in [-0.1, -0.05) is 6.07 Å². The zero-order valence-electron chi connectivity index (χ0n) is 11.9. The van der Waals surface area contributed by atoms with Crippen molar-refractivity contribution in [3.8, 4) is 33.3 Å². The first-order valence-corrected chi connectivity index (χ1v) is 7.89. The first kappa shape index (κ1) is 13.8. The fourth-order valence-corrected chi connectivity index (χ4v) is 3.41. The number of hydrogen-bond donors (Lipinski definition) is 3. The Kier molecular flexibility index (Phi) is 3.06. The van der Waals surface area contributed by atoms with E-state index in [0.717, 1.165) is 33.1 Å². The van der Waals surface area contributed by atoms with Crippen LogP contribution >= 0.6 is 11.3 Å². The molecule has 0 atom stereocenters. The van der Waals surface area contributed by atoms with Crippen LogP contribution in [0.5, 0.6) is 11.5 Å². The van der Waals surface area contributed by atoms with Crippen LogP contribution in [0.2, 0.25) is 0 Å². The van der Waals surface area contributed by atoms with Gasteiger partial charge in [0.2, 0.25) is 5.91 Å². The smallest absolute Gasteiger partial charge is 0.228 e. The van der Waals surface area contributed by atoms with Crippen molar-refractivity contribution in [1.82, 2.24) is 4.98 Å². The summed E-state index contributed by atoms with van der Waals surface area (Å²) in [4.78, 5) is 16.0. The third kappa shape index (κ3) is 2.43. The molecule has 2 heterocycles. The van der Waals surface area contributed by atoms with Gasteiger partial charge < -0.3 is 15.5 Å². The second-order valence-corrected chi connectivity index (χ2v) is 6.20. The molecule has 1 aliphatic heterocycles. The molecule has 5 nitrogen and oxygen atoms in total. The second-order valence-electron chi connectivity index (χ2n) is 5.34. The molecule has 3 aromatic rings. The molecule has 1 aromatic heterocycles. The Morgan fingerprint density at radius 2 is 1.87 bits per heavy atom. The van der Waals surface area contributed by atoms with Gasteiger partial charge in [0.1, 0.15) is 5.01 Å². The van der Waals surface area contributed by atoms with Gasteiger partial charge in [-0.3, -0.25) is 4.79 Å². The number of nitrogens with one attached hydrogen (secondary N) is 1. The molecule has 0 spiro atoms. The highest BCUT2D eigenvalue weighted by molar-refractivity contribution is 7.13. The summed E-state index contributed by atoms with van der Waals surface area (Å²) in [5.74, 6) is -0.307. The maximum atomic E-state index is 11.4. The number of phenols is 2. The Balaban J connectivity index is 1.69. The highest BCUT2D eigenvalue weighted by Gasteiger charge is 2.18. The number of hydrogen-bond acceptors (Lipinski definition) is 5. The maximum Gasteiger partial charge on any atom is 0.228 e. The molecule has 0 fully saturated rings. The molecule has 2 aromatic carbocycles. The molecular formula is C17H12N2O3S. The van der Waals surface area contributed by atoms with E-state index in [4.69, 9.17) is 0 Å². The number of nitrogens with zero attached hydrogens (tertiary/aromatic N) is 1. The van der Waals surface area contributed by atoms with Gasteiger partial charge in [0, 0.05) is 22.2 Å². The van der Waals surface area contributed by atoms with Crippen LogP contribution in [0, 0.1) is 0 Å². The van der Waals surface area contributed by atoms with E-state index < -0.39 is 0 Å². The Bertz CT molecular complexity index is 933. The molecule has 23 heavy (non-hydrogen) atoms. The Morgan fingerprint density at radius 3 is 2.70 bits per heavy atom. The van der Waals surface area contributed by atoms with Gasteiger partial charge in [-0.25, -0.2) is 4.98 Å². The third-order valence-electron chi connectivity index (χ3n) is 3.75. The number of benzene rings is 2. The van der Waals surface area contributed by atoms with Crippen molar-refractivity contribution in [2.45, 2.75) is 6.42 Å². The van der Waals surface area contributed by atoms with Crippen LogP contribution in [-0.2, 0) is 11.2 Å². The SMILES string of the molecule is O=C1Cc2cc(-c3csc(-c4ccc(O)c(O)c4)n3)ccc2N1. The van der Waals surface area contributed by atoms with Crippen molar-refractivity contribution in [3.63, 3.8) is 0 Å². The maximum absolute atomic E-state index is 11.4. The number of aromatic hydroxyl groups is 2. The Hall–Kier alpha value is -2.86. The number of anilines is 1. The number of phenolic OH excluding ortho intramolecular Hbond substituents is 2. The van der Waals surface area contributed by atoms with Crippen molar-refractivity contribution in [3.05, 3.63) is 47.3 Å². The first-order valence-electron chi connectivity index (χ1n) is 7.01. The highest BCUT2D eigenvalue weighted by Crippen LogP contribution is 2.35. The molecule has 6 heteroatoms. The molecule has 0 radical (unpaired) electrons. The Labute approximate surface area is 135 Å². The van der Waals surface area contributed by atoms with Crippen molar-refractivity contribution < 1.29 is 15.0 Å². The molecule has 114 valence electrons. The van der Waals surface area contributed by atoms with Crippen molar-refractivity contribution >= 4 is 22.9 Å². The summed E-state index contributed by atoms with van der Waals surface area (Å²) >= 11 is 1.46. The van der Waals surface area contributed by atoms with Gasteiger partial charge in [-0.05, 0) is 35.9 Å². The van der Waals surface area contributed by atoms with Gasteiger partial charge in [0.15, 0.2) is 11.5 Å². The minimum Gasteiger partial charge on any atom is -0.504 e. The van der Waals surface area contributed by atoms with E-state index in [1.807, 2.05) is 23.6 Å². The molecule has 3 N–H and O–H groups in total. The molecular weight excluding hydrogens is 312 g/mol. The molecule has 1 amide bonds. The molecule has 0 unspecified atom stereocenters. The van der Waals surface area contributed by atoms with E-state index in [1.54, 1.807) is 6.07 Å². The van der Waals surface area contributed by atoms with Crippen molar-refractivity contribution in [2.24, 2.45) is 0 Å². The average molecular weight is 324 g/mol. The van der Waals surface area contributed by atoms with Crippen LogP contribution in [0.4, 0.5) is 5.69 Å². The fourth-order valence-electron chi connectivity index (χ4n) is 2.58. The third-order valence-corrected chi connectivity index (χ3v) is 4.64.